The molecule has 1 saturated carbocycles. The third-order valence-corrected chi connectivity index (χ3v) is 4.16. The molecule has 16 heavy (non-hydrogen) atoms. The van der Waals surface area contributed by atoms with Crippen molar-refractivity contribution in [1.82, 2.24) is 9.78 Å². The maximum absolute atomic E-state index is 6.01. The SMILES string of the molecule is Nc1nn(C2CCCCCC2)c2c1CCC2. The maximum Gasteiger partial charge on any atom is 0.148 e. The van der Waals surface area contributed by atoms with Crippen LogP contribution in [0.5, 0.6) is 0 Å². The van der Waals surface area contributed by atoms with Gasteiger partial charge in [-0.3, -0.25) is 4.68 Å². The highest BCUT2D eigenvalue weighted by Crippen LogP contribution is 2.33. The van der Waals surface area contributed by atoms with E-state index in [2.05, 4.69) is 9.78 Å². The zero-order valence-corrected chi connectivity index (χ0v) is 9.91. The molecule has 0 atom stereocenters. The Labute approximate surface area is 97.0 Å². The highest BCUT2D eigenvalue weighted by Gasteiger charge is 2.25. The van der Waals surface area contributed by atoms with Crippen LogP contribution in [0.25, 0.3) is 0 Å². The minimum Gasteiger partial charge on any atom is -0.382 e. The molecule has 0 amide bonds. The second-order valence-corrected chi connectivity index (χ2v) is 5.25. The minimum atomic E-state index is 0.631. The van der Waals surface area contributed by atoms with Crippen LogP contribution in [0.4, 0.5) is 5.82 Å². The molecule has 1 aromatic rings. The number of hydrogen-bond acceptors (Lipinski definition) is 2. The van der Waals surface area contributed by atoms with E-state index in [1.54, 1.807) is 0 Å². The molecular weight excluding hydrogens is 198 g/mol. The van der Waals surface area contributed by atoms with Gasteiger partial charge in [-0.15, -0.1) is 0 Å². The third kappa shape index (κ3) is 1.62. The average Bonchev–Trinajstić information content (AvgIpc) is 2.75. The van der Waals surface area contributed by atoms with Crippen molar-refractivity contribution in [3.05, 3.63) is 11.3 Å². The van der Waals surface area contributed by atoms with E-state index in [0.717, 1.165) is 12.2 Å². The summed E-state index contributed by atoms with van der Waals surface area (Å²) < 4.78 is 2.28. The van der Waals surface area contributed by atoms with E-state index in [9.17, 15) is 0 Å². The fourth-order valence-electron chi connectivity index (χ4n) is 3.30. The van der Waals surface area contributed by atoms with Crippen LogP contribution in [-0.4, -0.2) is 9.78 Å². The van der Waals surface area contributed by atoms with Crippen LogP contribution in [-0.2, 0) is 12.8 Å². The molecule has 1 fully saturated rings. The van der Waals surface area contributed by atoms with Crippen molar-refractivity contribution in [3.63, 3.8) is 0 Å². The van der Waals surface area contributed by atoms with E-state index in [1.165, 1.54) is 62.6 Å². The fourth-order valence-corrected chi connectivity index (χ4v) is 3.30. The predicted molar refractivity (Wildman–Crippen MR) is 65.4 cm³/mol. The second-order valence-electron chi connectivity index (χ2n) is 5.25. The number of anilines is 1. The van der Waals surface area contributed by atoms with Crippen LogP contribution >= 0.6 is 0 Å². The van der Waals surface area contributed by atoms with E-state index in [0.29, 0.717) is 6.04 Å². The smallest absolute Gasteiger partial charge is 0.148 e. The number of hydrogen-bond donors (Lipinski definition) is 1. The molecule has 0 radical (unpaired) electrons. The van der Waals surface area contributed by atoms with E-state index >= 15 is 0 Å². The molecule has 0 spiro atoms. The Morgan fingerprint density at radius 1 is 1.00 bits per heavy atom. The van der Waals surface area contributed by atoms with Gasteiger partial charge in [-0.25, -0.2) is 0 Å². The lowest BCUT2D eigenvalue weighted by molar-refractivity contribution is 0.395. The van der Waals surface area contributed by atoms with Crippen molar-refractivity contribution in [2.75, 3.05) is 5.73 Å². The molecule has 88 valence electrons. The Balaban J connectivity index is 1.90. The first kappa shape index (κ1) is 10.2. The molecule has 0 aliphatic heterocycles. The normalized spacial score (nSPS) is 22.0. The predicted octanol–water partition coefficient (Wildman–Crippen LogP) is 2.85. The van der Waals surface area contributed by atoms with Crippen molar-refractivity contribution < 1.29 is 0 Å². The summed E-state index contributed by atoms with van der Waals surface area (Å²) in [5, 5.41) is 4.59. The summed E-state index contributed by atoms with van der Waals surface area (Å²) in [6, 6.07) is 0.631. The van der Waals surface area contributed by atoms with Gasteiger partial charge in [-0.05, 0) is 32.1 Å². The molecule has 2 N–H and O–H groups in total. The molecule has 0 unspecified atom stereocenters. The van der Waals surface area contributed by atoms with Gasteiger partial charge in [-0.1, -0.05) is 25.7 Å². The van der Waals surface area contributed by atoms with Crippen LogP contribution in [0.2, 0.25) is 0 Å². The molecular formula is C13H21N3. The summed E-state index contributed by atoms with van der Waals surface area (Å²) in [5.41, 5.74) is 8.81. The number of nitrogens with zero attached hydrogens (tertiary/aromatic N) is 2. The van der Waals surface area contributed by atoms with Gasteiger partial charge in [0.05, 0.1) is 6.04 Å². The van der Waals surface area contributed by atoms with Crippen LogP contribution in [0.1, 0.15) is 62.2 Å². The second kappa shape index (κ2) is 4.11. The molecule has 3 rings (SSSR count). The number of fused-ring (bicyclic) bond motifs is 1. The summed E-state index contributed by atoms with van der Waals surface area (Å²) in [7, 11) is 0. The monoisotopic (exact) mass is 219 g/mol. The van der Waals surface area contributed by atoms with E-state index in [1.807, 2.05) is 0 Å². The van der Waals surface area contributed by atoms with Gasteiger partial charge in [-0.2, -0.15) is 5.10 Å². The Morgan fingerprint density at radius 2 is 1.75 bits per heavy atom. The Kier molecular flexibility index (Phi) is 2.62. The summed E-state index contributed by atoms with van der Waals surface area (Å²) in [6.07, 6.45) is 11.7. The van der Waals surface area contributed by atoms with Gasteiger partial charge in [0.1, 0.15) is 5.82 Å². The largest absolute Gasteiger partial charge is 0.382 e. The van der Waals surface area contributed by atoms with Crippen LogP contribution in [0.15, 0.2) is 0 Å². The first-order valence-corrected chi connectivity index (χ1v) is 6.72. The van der Waals surface area contributed by atoms with Gasteiger partial charge in [0.2, 0.25) is 0 Å². The van der Waals surface area contributed by atoms with Crippen molar-refractivity contribution in [2.24, 2.45) is 0 Å². The molecule has 0 aromatic carbocycles. The van der Waals surface area contributed by atoms with Gasteiger partial charge >= 0.3 is 0 Å². The third-order valence-electron chi connectivity index (χ3n) is 4.16. The van der Waals surface area contributed by atoms with E-state index < -0.39 is 0 Å². The molecule has 2 aliphatic carbocycles. The van der Waals surface area contributed by atoms with Crippen LogP contribution in [0, 0.1) is 0 Å². The molecule has 1 heterocycles. The molecule has 3 nitrogen and oxygen atoms in total. The first-order chi connectivity index (χ1) is 7.86. The highest BCUT2D eigenvalue weighted by molar-refractivity contribution is 5.45. The van der Waals surface area contributed by atoms with Gasteiger partial charge in [0.15, 0.2) is 0 Å². The van der Waals surface area contributed by atoms with E-state index in [4.69, 9.17) is 5.73 Å². The Hall–Kier alpha value is -0.990. The van der Waals surface area contributed by atoms with Crippen molar-refractivity contribution in [1.29, 1.82) is 0 Å². The van der Waals surface area contributed by atoms with Crippen LogP contribution in [0.3, 0.4) is 0 Å². The number of rotatable bonds is 1. The van der Waals surface area contributed by atoms with Crippen molar-refractivity contribution >= 4 is 5.82 Å². The van der Waals surface area contributed by atoms with Gasteiger partial charge in [0.25, 0.3) is 0 Å². The lowest BCUT2D eigenvalue weighted by atomic mass is 10.1. The molecule has 1 aromatic heterocycles. The zero-order valence-electron chi connectivity index (χ0n) is 9.91. The van der Waals surface area contributed by atoms with Gasteiger partial charge in [0, 0.05) is 11.3 Å². The van der Waals surface area contributed by atoms with Crippen molar-refractivity contribution in [3.8, 4) is 0 Å². The summed E-state index contributed by atoms with van der Waals surface area (Å²) >= 11 is 0. The summed E-state index contributed by atoms with van der Waals surface area (Å²) in [4.78, 5) is 0. The summed E-state index contributed by atoms with van der Waals surface area (Å²) in [5.74, 6) is 0.803. The first-order valence-electron chi connectivity index (χ1n) is 6.72. The molecule has 0 saturated heterocycles. The maximum atomic E-state index is 6.01. The molecule has 0 bridgehead atoms. The van der Waals surface area contributed by atoms with E-state index in [-0.39, 0.29) is 0 Å². The minimum absolute atomic E-state index is 0.631. The topological polar surface area (TPSA) is 43.8 Å². The highest BCUT2D eigenvalue weighted by atomic mass is 15.3. The van der Waals surface area contributed by atoms with Gasteiger partial charge < -0.3 is 5.73 Å². The lowest BCUT2D eigenvalue weighted by Gasteiger charge is -2.17. The lowest BCUT2D eigenvalue weighted by Crippen LogP contribution is -2.12. The standard InChI is InChI=1S/C13H21N3/c14-13-11-8-5-9-12(11)16(15-13)10-6-3-1-2-4-7-10/h10H,1-9H2,(H2,14,15). The molecule has 2 aliphatic rings. The number of nitrogens with two attached hydrogens (primary N) is 1. The van der Waals surface area contributed by atoms with Crippen LogP contribution < -0.4 is 5.73 Å². The fraction of sp³-hybridized carbons (Fsp3) is 0.769. The number of aromatic nitrogens is 2. The molecule has 3 heteroatoms. The Morgan fingerprint density at radius 3 is 2.50 bits per heavy atom. The average molecular weight is 219 g/mol. The quantitative estimate of drug-likeness (QED) is 0.738. The van der Waals surface area contributed by atoms with Crippen molar-refractivity contribution in [2.45, 2.75) is 63.8 Å². The number of nitrogen functional groups attached to an aromatic ring is 1. The summed E-state index contributed by atoms with van der Waals surface area (Å²) in [6.45, 7) is 0. The Bertz CT molecular complexity index is 373. The zero-order chi connectivity index (χ0) is 11.0.